The number of aryl methyl sites for hydroxylation is 3. The van der Waals surface area contributed by atoms with Crippen LogP contribution in [0.1, 0.15) is 48.9 Å². The molecule has 1 aliphatic rings. The molecule has 0 saturated carbocycles. The summed E-state index contributed by atoms with van der Waals surface area (Å²) in [5, 5.41) is 0.754. The smallest absolute Gasteiger partial charge is 0.263 e. The summed E-state index contributed by atoms with van der Waals surface area (Å²) in [5.74, 6) is 0.599. The molecule has 1 aliphatic carbocycles. The third-order valence-electron chi connectivity index (χ3n) is 4.83. The number of hydrogen-bond donors (Lipinski definition) is 0. The molecule has 3 rings (SSSR count). The highest BCUT2D eigenvalue weighted by Crippen LogP contribution is 2.33. The highest BCUT2D eigenvalue weighted by molar-refractivity contribution is 7.18. The van der Waals surface area contributed by atoms with Crippen molar-refractivity contribution in [3.8, 4) is 0 Å². The maximum Gasteiger partial charge on any atom is 0.263 e. The van der Waals surface area contributed by atoms with Crippen LogP contribution in [0.4, 0.5) is 0 Å². The summed E-state index contributed by atoms with van der Waals surface area (Å²) in [6, 6.07) is 0. The monoisotopic (exact) mass is 347 g/mol. The average molecular weight is 347 g/mol. The van der Waals surface area contributed by atoms with Crippen molar-refractivity contribution in [3.63, 3.8) is 0 Å². The number of fused-ring (bicyclic) bond motifs is 3. The summed E-state index contributed by atoms with van der Waals surface area (Å²) in [4.78, 5) is 33.9. The zero-order valence-corrected chi connectivity index (χ0v) is 15.5. The first-order valence-corrected chi connectivity index (χ1v) is 9.60. The normalized spacial score (nSPS) is 14.0. The Labute approximate surface area is 146 Å². The topological polar surface area (TPSA) is 55.2 Å². The number of carbonyl (C=O) groups is 1. The molecule has 0 fully saturated rings. The fourth-order valence-corrected chi connectivity index (χ4v) is 4.60. The molecule has 0 aliphatic heterocycles. The van der Waals surface area contributed by atoms with E-state index in [2.05, 4.69) is 11.9 Å². The molecule has 0 spiro atoms. The number of thiophene rings is 1. The number of rotatable bonds is 5. The van der Waals surface area contributed by atoms with Gasteiger partial charge >= 0.3 is 0 Å². The van der Waals surface area contributed by atoms with Gasteiger partial charge in [-0.2, -0.15) is 0 Å². The van der Waals surface area contributed by atoms with Crippen molar-refractivity contribution in [1.29, 1.82) is 0 Å². The number of unbranched alkanes of at least 4 members (excludes halogenated alkanes) is 1. The van der Waals surface area contributed by atoms with Crippen molar-refractivity contribution >= 4 is 27.5 Å². The molecular weight excluding hydrogens is 322 g/mol. The molecule has 130 valence electrons. The van der Waals surface area contributed by atoms with Gasteiger partial charge in [0.2, 0.25) is 5.91 Å². The van der Waals surface area contributed by atoms with Gasteiger partial charge in [-0.1, -0.05) is 13.3 Å². The van der Waals surface area contributed by atoms with Gasteiger partial charge in [0.05, 0.1) is 5.39 Å². The molecule has 0 bridgehead atoms. The Hall–Kier alpha value is -1.69. The summed E-state index contributed by atoms with van der Waals surface area (Å²) in [5.41, 5.74) is 1.13. The standard InChI is InChI=1S/C18H25N3O2S/c1-4-5-10-20(3)15(22)11-21-12(2)19-17-16(18(21)23)13-8-6-7-9-14(13)24-17/h4-11H2,1-3H3. The van der Waals surface area contributed by atoms with Crippen LogP contribution in [0.5, 0.6) is 0 Å². The molecule has 0 saturated heterocycles. The molecule has 2 aromatic heterocycles. The molecule has 0 unspecified atom stereocenters. The molecule has 1 amide bonds. The number of amides is 1. The zero-order chi connectivity index (χ0) is 17.3. The van der Waals surface area contributed by atoms with E-state index in [1.54, 1.807) is 27.9 Å². The van der Waals surface area contributed by atoms with Crippen LogP contribution in [-0.2, 0) is 24.2 Å². The first-order chi connectivity index (χ1) is 11.5. The Bertz CT molecular complexity index is 822. The predicted molar refractivity (Wildman–Crippen MR) is 97.8 cm³/mol. The van der Waals surface area contributed by atoms with Crippen LogP contribution < -0.4 is 5.56 Å². The first-order valence-electron chi connectivity index (χ1n) is 8.78. The lowest BCUT2D eigenvalue weighted by atomic mass is 9.97. The van der Waals surface area contributed by atoms with Gasteiger partial charge in [-0.15, -0.1) is 11.3 Å². The second-order valence-electron chi connectivity index (χ2n) is 6.61. The molecule has 0 atom stereocenters. The van der Waals surface area contributed by atoms with E-state index in [0.717, 1.165) is 48.9 Å². The van der Waals surface area contributed by atoms with Crippen molar-refractivity contribution in [2.75, 3.05) is 13.6 Å². The van der Waals surface area contributed by atoms with E-state index in [0.29, 0.717) is 5.82 Å². The second-order valence-corrected chi connectivity index (χ2v) is 7.69. The van der Waals surface area contributed by atoms with Gasteiger partial charge in [0.25, 0.3) is 5.56 Å². The van der Waals surface area contributed by atoms with E-state index in [4.69, 9.17) is 0 Å². The first kappa shape index (κ1) is 17.1. The fourth-order valence-electron chi connectivity index (χ4n) is 3.30. The number of hydrogen-bond acceptors (Lipinski definition) is 4. The number of carbonyl (C=O) groups excluding carboxylic acids is 1. The molecule has 24 heavy (non-hydrogen) atoms. The lowest BCUT2D eigenvalue weighted by molar-refractivity contribution is -0.130. The Morgan fingerprint density at radius 1 is 1.33 bits per heavy atom. The lowest BCUT2D eigenvalue weighted by Gasteiger charge is -2.18. The number of aromatic nitrogens is 2. The van der Waals surface area contributed by atoms with Crippen molar-refractivity contribution < 1.29 is 4.79 Å². The van der Waals surface area contributed by atoms with Crippen LogP contribution in [-0.4, -0.2) is 34.0 Å². The number of likely N-dealkylation sites (N-methyl/N-ethyl adjacent to an activating group) is 1. The maximum atomic E-state index is 13.0. The van der Waals surface area contributed by atoms with Crippen LogP contribution in [0.2, 0.25) is 0 Å². The molecule has 0 aromatic carbocycles. The third-order valence-corrected chi connectivity index (χ3v) is 6.02. The Morgan fingerprint density at radius 2 is 2.08 bits per heavy atom. The van der Waals surface area contributed by atoms with Crippen LogP contribution >= 0.6 is 11.3 Å². The molecule has 5 nitrogen and oxygen atoms in total. The quantitative estimate of drug-likeness (QED) is 0.836. The largest absolute Gasteiger partial charge is 0.344 e. The summed E-state index contributed by atoms with van der Waals surface area (Å²) in [7, 11) is 1.80. The molecule has 0 N–H and O–H groups in total. The van der Waals surface area contributed by atoms with Crippen LogP contribution in [0.25, 0.3) is 10.2 Å². The Balaban J connectivity index is 1.96. The lowest BCUT2D eigenvalue weighted by Crippen LogP contribution is -2.35. The summed E-state index contributed by atoms with van der Waals surface area (Å²) >= 11 is 1.65. The van der Waals surface area contributed by atoms with Gasteiger partial charge < -0.3 is 4.90 Å². The average Bonchev–Trinajstić information content (AvgIpc) is 2.94. The minimum absolute atomic E-state index is 0.0288. The highest BCUT2D eigenvalue weighted by Gasteiger charge is 2.22. The van der Waals surface area contributed by atoms with Crippen molar-refractivity contribution in [3.05, 3.63) is 26.6 Å². The molecule has 2 heterocycles. The third kappa shape index (κ3) is 3.11. The maximum absolute atomic E-state index is 13.0. The van der Waals surface area contributed by atoms with Crippen LogP contribution in [0, 0.1) is 6.92 Å². The molecule has 2 aromatic rings. The number of nitrogens with zero attached hydrogens (tertiary/aromatic N) is 3. The van der Waals surface area contributed by atoms with Crippen molar-refractivity contribution in [2.24, 2.45) is 0 Å². The van der Waals surface area contributed by atoms with E-state index < -0.39 is 0 Å². The van der Waals surface area contributed by atoms with Crippen LogP contribution in [0.3, 0.4) is 0 Å². The molecular formula is C18H25N3O2S. The van der Waals surface area contributed by atoms with E-state index in [-0.39, 0.29) is 18.0 Å². The van der Waals surface area contributed by atoms with Gasteiger partial charge in [-0.05, 0) is 44.6 Å². The van der Waals surface area contributed by atoms with Gasteiger partial charge in [0.1, 0.15) is 17.2 Å². The van der Waals surface area contributed by atoms with E-state index >= 15 is 0 Å². The Morgan fingerprint density at radius 3 is 2.83 bits per heavy atom. The molecule has 6 heteroatoms. The van der Waals surface area contributed by atoms with Crippen molar-refractivity contribution in [2.45, 2.75) is 58.9 Å². The SMILES string of the molecule is CCCCN(C)C(=O)Cn1c(C)nc2sc3c(c2c1=O)CCCC3. The van der Waals surface area contributed by atoms with Crippen LogP contribution in [0.15, 0.2) is 4.79 Å². The van der Waals surface area contributed by atoms with Crippen molar-refractivity contribution in [1.82, 2.24) is 14.5 Å². The van der Waals surface area contributed by atoms with Gasteiger partial charge in [0, 0.05) is 18.5 Å². The van der Waals surface area contributed by atoms with E-state index in [9.17, 15) is 9.59 Å². The summed E-state index contributed by atoms with van der Waals surface area (Å²) < 4.78 is 1.55. The Kier molecular flexibility index (Phi) is 5.04. The van der Waals surface area contributed by atoms with Gasteiger partial charge in [-0.25, -0.2) is 4.98 Å². The zero-order valence-electron chi connectivity index (χ0n) is 14.7. The summed E-state index contributed by atoms with van der Waals surface area (Å²) in [6.45, 7) is 4.73. The van der Waals surface area contributed by atoms with Gasteiger partial charge in [-0.3, -0.25) is 14.2 Å². The highest BCUT2D eigenvalue weighted by atomic mass is 32.1. The summed E-state index contributed by atoms with van der Waals surface area (Å²) in [6.07, 6.45) is 6.35. The van der Waals surface area contributed by atoms with E-state index in [1.807, 2.05) is 6.92 Å². The molecule has 0 radical (unpaired) electrons. The minimum atomic E-state index is -0.0471. The van der Waals surface area contributed by atoms with Gasteiger partial charge in [0.15, 0.2) is 0 Å². The van der Waals surface area contributed by atoms with E-state index in [1.165, 1.54) is 16.9 Å². The minimum Gasteiger partial charge on any atom is -0.344 e. The fraction of sp³-hybridized carbons (Fsp3) is 0.611. The second kappa shape index (κ2) is 7.05. The predicted octanol–water partition coefficient (Wildman–Crippen LogP) is 2.90.